The quantitative estimate of drug-likeness (QED) is 0.290. The molecule has 62 valence electrons. The highest BCUT2D eigenvalue weighted by Gasteiger charge is 1.89. The molecule has 4 heteroatoms. The molecular weight excluding hydrogens is 152 g/mol. The third-order valence-electron chi connectivity index (χ3n) is 1.51. The van der Waals surface area contributed by atoms with Gasteiger partial charge in [0.1, 0.15) is 0 Å². The summed E-state index contributed by atoms with van der Waals surface area (Å²) in [5, 5.41) is 3.45. The van der Waals surface area contributed by atoms with E-state index in [0.717, 1.165) is 12.8 Å². The zero-order valence-electron chi connectivity index (χ0n) is 6.72. The summed E-state index contributed by atoms with van der Waals surface area (Å²) in [5.74, 6) is 0. The fraction of sp³-hybridized carbons (Fsp3) is 0.375. The average molecular weight is 162 g/mol. The van der Waals surface area contributed by atoms with Crippen LogP contribution in [0.4, 0.5) is 0 Å². The first kappa shape index (κ1) is 8.56. The lowest BCUT2D eigenvalue weighted by molar-refractivity contribution is 0.823. The van der Waals surface area contributed by atoms with Crippen LogP contribution in [0.3, 0.4) is 0 Å². The number of nitrogens with zero attached hydrogens (tertiary/aromatic N) is 4. The number of hydrogen-bond donors (Lipinski definition) is 0. The molecule has 1 aromatic heterocycles. The fourth-order valence-electron chi connectivity index (χ4n) is 0.945. The van der Waals surface area contributed by atoms with Crippen molar-refractivity contribution in [2.75, 3.05) is 6.54 Å². The molecular formula is C8H10N4. The maximum Gasteiger partial charge on any atom is 0.0299 e. The molecule has 0 N–H and O–H groups in total. The lowest BCUT2D eigenvalue weighted by Gasteiger charge is -1.95. The second-order valence-corrected chi connectivity index (χ2v) is 2.42. The summed E-state index contributed by atoms with van der Waals surface area (Å²) in [6, 6.07) is 3.92. The highest BCUT2D eigenvalue weighted by atomic mass is 15.1. The fourth-order valence-corrected chi connectivity index (χ4v) is 0.945. The highest BCUT2D eigenvalue weighted by Crippen LogP contribution is 1.99. The molecule has 0 saturated carbocycles. The normalized spacial score (nSPS) is 9.00. The first-order chi connectivity index (χ1) is 5.93. The van der Waals surface area contributed by atoms with E-state index in [4.69, 9.17) is 5.53 Å². The summed E-state index contributed by atoms with van der Waals surface area (Å²) in [7, 11) is 0. The molecule has 1 aromatic rings. The lowest BCUT2D eigenvalue weighted by atomic mass is 10.2. The van der Waals surface area contributed by atoms with E-state index in [9.17, 15) is 0 Å². The van der Waals surface area contributed by atoms with Crippen LogP contribution in [0.15, 0.2) is 29.6 Å². The third kappa shape index (κ3) is 3.03. The van der Waals surface area contributed by atoms with Crippen molar-refractivity contribution in [3.8, 4) is 0 Å². The Kier molecular flexibility index (Phi) is 3.68. The minimum atomic E-state index is 0.561. The molecule has 0 aliphatic rings. The Morgan fingerprint density at radius 1 is 1.58 bits per heavy atom. The van der Waals surface area contributed by atoms with Crippen molar-refractivity contribution >= 4 is 0 Å². The Labute approximate surface area is 70.9 Å². The number of azide groups is 1. The van der Waals surface area contributed by atoms with Crippen molar-refractivity contribution < 1.29 is 0 Å². The van der Waals surface area contributed by atoms with Gasteiger partial charge in [0.15, 0.2) is 0 Å². The second kappa shape index (κ2) is 5.16. The molecule has 0 spiro atoms. The Hall–Kier alpha value is -1.54. The van der Waals surface area contributed by atoms with Gasteiger partial charge in [0.05, 0.1) is 0 Å². The van der Waals surface area contributed by atoms with Crippen LogP contribution in [0.25, 0.3) is 10.4 Å². The summed E-state index contributed by atoms with van der Waals surface area (Å²) >= 11 is 0. The number of aromatic nitrogens is 1. The van der Waals surface area contributed by atoms with Crippen LogP contribution in [-0.2, 0) is 6.42 Å². The minimum absolute atomic E-state index is 0.561. The Morgan fingerprint density at radius 2 is 2.50 bits per heavy atom. The molecule has 0 aliphatic heterocycles. The Balaban J connectivity index is 2.29. The molecule has 0 bridgehead atoms. The highest BCUT2D eigenvalue weighted by molar-refractivity contribution is 5.08. The van der Waals surface area contributed by atoms with Crippen molar-refractivity contribution in [2.45, 2.75) is 12.8 Å². The molecule has 0 aliphatic carbocycles. The average Bonchev–Trinajstić information content (AvgIpc) is 2.14. The van der Waals surface area contributed by atoms with Crippen molar-refractivity contribution in [1.29, 1.82) is 0 Å². The predicted molar refractivity (Wildman–Crippen MR) is 46.6 cm³/mol. The molecule has 0 atom stereocenters. The topological polar surface area (TPSA) is 61.7 Å². The first-order valence-electron chi connectivity index (χ1n) is 3.83. The Morgan fingerprint density at radius 3 is 3.17 bits per heavy atom. The van der Waals surface area contributed by atoms with E-state index in [2.05, 4.69) is 15.0 Å². The second-order valence-electron chi connectivity index (χ2n) is 2.42. The zero-order valence-corrected chi connectivity index (χ0v) is 6.72. The van der Waals surface area contributed by atoms with E-state index in [1.165, 1.54) is 5.56 Å². The van der Waals surface area contributed by atoms with E-state index in [-0.39, 0.29) is 0 Å². The van der Waals surface area contributed by atoms with E-state index < -0.39 is 0 Å². The van der Waals surface area contributed by atoms with Crippen molar-refractivity contribution in [1.82, 2.24) is 4.98 Å². The van der Waals surface area contributed by atoms with Gasteiger partial charge in [0.2, 0.25) is 0 Å². The van der Waals surface area contributed by atoms with Crippen LogP contribution < -0.4 is 0 Å². The number of aryl methyl sites for hydroxylation is 1. The molecule has 0 amide bonds. The molecule has 0 saturated heterocycles. The van der Waals surface area contributed by atoms with Crippen LogP contribution >= 0.6 is 0 Å². The lowest BCUT2D eigenvalue weighted by Crippen LogP contribution is -1.87. The van der Waals surface area contributed by atoms with Crippen LogP contribution in [-0.4, -0.2) is 11.5 Å². The van der Waals surface area contributed by atoms with Crippen LogP contribution in [0.1, 0.15) is 12.0 Å². The van der Waals surface area contributed by atoms with E-state index in [0.29, 0.717) is 6.54 Å². The standard InChI is InChI=1S/C8H10N4/c9-12-11-6-2-4-8-3-1-5-10-7-8/h1,3,5,7H,2,4,6H2. The summed E-state index contributed by atoms with van der Waals surface area (Å²) < 4.78 is 0. The van der Waals surface area contributed by atoms with Gasteiger partial charge >= 0.3 is 0 Å². The van der Waals surface area contributed by atoms with E-state index in [1.54, 1.807) is 6.20 Å². The maximum atomic E-state index is 8.01. The summed E-state index contributed by atoms with van der Waals surface area (Å²) in [4.78, 5) is 6.66. The van der Waals surface area contributed by atoms with Crippen LogP contribution in [0.2, 0.25) is 0 Å². The van der Waals surface area contributed by atoms with Gasteiger partial charge in [-0.15, -0.1) is 0 Å². The summed E-state index contributed by atoms with van der Waals surface area (Å²) in [6.45, 7) is 0.561. The molecule has 4 nitrogen and oxygen atoms in total. The predicted octanol–water partition coefficient (Wildman–Crippen LogP) is 2.32. The Bertz CT molecular complexity index is 264. The van der Waals surface area contributed by atoms with Crippen molar-refractivity contribution in [2.24, 2.45) is 5.11 Å². The molecule has 1 rings (SSSR count). The van der Waals surface area contributed by atoms with E-state index in [1.807, 2.05) is 18.3 Å². The van der Waals surface area contributed by atoms with Gasteiger partial charge in [-0.3, -0.25) is 4.98 Å². The molecule has 1 heterocycles. The molecule has 12 heavy (non-hydrogen) atoms. The van der Waals surface area contributed by atoms with Crippen molar-refractivity contribution in [3.63, 3.8) is 0 Å². The van der Waals surface area contributed by atoms with Crippen LogP contribution in [0.5, 0.6) is 0 Å². The summed E-state index contributed by atoms with van der Waals surface area (Å²) in [5.41, 5.74) is 9.20. The van der Waals surface area contributed by atoms with Gasteiger partial charge < -0.3 is 0 Å². The summed E-state index contributed by atoms with van der Waals surface area (Å²) in [6.07, 6.45) is 5.38. The first-order valence-corrected chi connectivity index (χ1v) is 3.83. The van der Waals surface area contributed by atoms with E-state index >= 15 is 0 Å². The minimum Gasteiger partial charge on any atom is -0.264 e. The molecule has 0 radical (unpaired) electrons. The number of rotatable bonds is 4. The third-order valence-corrected chi connectivity index (χ3v) is 1.51. The van der Waals surface area contributed by atoms with Gasteiger partial charge in [-0.2, -0.15) is 0 Å². The molecule has 0 unspecified atom stereocenters. The van der Waals surface area contributed by atoms with Gasteiger partial charge in [-0.05, 0) is 30.0 Å². The van der Waals surface area contributed by atoms with Gasteiger partial charge in [0.25, 0.3) is 0 Å². The largest absolute Gasteiger partial charge is 0.264 e. The van der Waals surface area contributed by atoms with Crippen LogP contribution in [0, 0.1) is 0 Å². The smallest absolute Gasteiger partial charge is 0.0299 e. The van der Waals surface area contributed by atoms with Gasteiger partial charge in [-0.1, -0.05) is 11.2 Å². The SMILES string of the molecule is [N-]=[N+]=NCCCc1cccnc1. The van der Waals surface area contributed by atoms with Crippen molar-refractivity contribution in [3.05, 3.63) is 40.5 Å². The monoisotopic (exact) mass is 162 g/mol. The van der Waals surface area contributed by atoms with Gasteiger partial charge in [0, 0.05) is 23.9 Å². The number of hydrogen-bond acceptors (Lipinski definition) is 2. The maximum absolute atomic E-state index is 8.01. The molecule has 0 fully saturated rings. The van der Waals surface area contributed by atoms with Gasteiger partial charge in [-0.25, -0.2) is 0 Å². The number of pyridine rings is 1. The zero-order chi connectivity index (χ0) is 8.65. The molecule has 0 aromatic carbocycles.